The van der Waals surface area contributed by atoms with Gasteiger partial charge in [0.2, 0.25) is 0 Å². The first kappa shape index (κ1) is 19.9. The highest BCUT2D eigenvalue weighted by Gasteiger charge is 2.57. The number of aliphatic hydroxyl groups excluding tert-OH is 1. The summed E-state index contributed by atoms with van der Waals surface area (Å²) in [6.07, 6.45) is 8.53. The molecule has 27 heavy (non-hydrogen) atoms. The fourth-order valence-corrected chi connectivity index (χ4v) is 5.44. The lowest BCUT2D eigenvalue weighted by atomic mass is 9.46. The van der Waals surface area contributed by atoms with Gasteiger partial charge in [0.1, 0.15) is 6.61 Å². The number of rotatable bonds is 4. The zero-order valence-corrected chi connectivity index (χ0v) is 16.5. The Morgan fingerprint density at radius 3 is 2.81 bits per heavy atom. The number of esters is 2. The molecule has 0 aromatic rings. The van der Waals surface area contributed by atoms with Crippen LogP contribution in [-0.2, 0) is 19.1 Å². The summed E-state index contributed by atoms with van der Waals surface area (Å²) < 4.78 is 10.3. The third-order valence-corrected chi connectivity index (χ3v) is 7.02. The van der Waals surface area contributed by atoms with Gasteiger partial charge in [-0.25, -0.2) is 4.79 Å². The molecule has 0 spiro atoms. The monoisotopic (exact) mass is 374 g/mol. The normalized spacial score (nSPS) is 39.1. The molecule has 0 radical (unpaired) electrons. The summed E-state index contributed by atoms with van der Waals surface area (Å²) in [6.45, 7) is 10.5. The van der Waals surface area contributed by atoms with E-state index in [0.717, 1.165) is 24.8 Å². The van der Waals surface area contributed by atoms with Gasteiger partial charge in [0.15, 0.2) is 0 Å². The molecular weight excluding hydrogens is 344 g/mol. The van der Waals surface area contributed by atoms with Crippen molar-refractivity contribution >= 4 is 11.9 Å². The molecule has 0 aromatic carbocycles. The SMILES string of the molecule is C=C1CCC2C(C)(COC(C)=O)C(O)CCC2(C)C1C=CC1=CCOC1=O. The lowest BCUT2D eigenvalue weighted by molar-refractivity contribution is -0.170. The summed E-state index contributed by atoms with van der Waals surface area (Å²) in [5, 5.41) is 10.8. The quantitative estimate of drug-likeness (QED) is 0.603. The smallest absolute Gasteiger partial charge is 0.338 e. The van der Waals surface area contributed by atoms with E-state index in [4.69, 9.17) is 9.47 Å². The van der Waals surface area contributed by atoms with Crippen molar-refractivity contribution in [2.45, 2.75) is 52.6 Å². The van der Waals surface area contributed by atoms with Crippen LogP contribution >= 0.6 is 0 Å². The summed E-state index contributed by atoms with van der Waals surface area (Å²) in [6, 6.07) is 0. The standard InChI is InChI=1S/C22H30O5/c1-14-5-8-18-21(3,17(14)7-6-16-10-12-26-20(16)25)11-9-19(24)22(18,4)13-27-15(2)23/h6-7,10,17-19,24H,1,5,8-9,11-13H2,2-4H3. The van der Waals surface area contributed by atoms with Gasteiger partial charge in [-0.05, 0) is 43.1 Å². The minimum atomic E-state index is -0.501. The first-order valence-electron chi connectivity index (χ1n) is 9.73. The van der Waals surface area contributed by atoms with E-state index in [9.17, 15) is 14.7 Å². The van der Waals surface area contributed by atoms with Crippen molar-refractivity contribution in [3.63, 3.8) is 0 Å². The van der Waals surface area contributed by atoms with E-state index in [-0.39, 0.29) is 35.8 Å². The minimum absolute atomic E-state index is 0.106. The summed E-state index contributed by atoms with van der Waals surface area (Å²) >= 11 is 0. The lowest BCUT2D eigenvalue weighted by Crippen LogP contribution is -2.57. The Kier molecular flexibility index (Phi) is 5.35. The van der Waals surface area contributed by atoms with E-state index in [1.807, 2.05) is 13.0 Å². The summed E-state index contributed by atoms with van der Waals surface area (Å²) in [5.41, 5.74) is 1.15. The maximum atomic E-state index is 11.7. The molecule has 5 atom stereocenters. The summed E-state index contributed by atoms with van der Waals surface area (Å²) in [5.74, 6) is -0.306. The van der Waals surface area contributed by atoms with Gasteiger partial charge in [-0.3, -0.25) is 4.79 Å². The molecule has 1 heterocycles. The third-order valence-electron chi connectivity index (χ3n) is 7.02. The van der Waals surface area contributed by atoms with E-state index in [1.165, 1.54) is 6.92 Å². The molecule has 0 amide bonds. The van der Waals surface area contributed by atoms with E-state index in [1.54, 1.807) is 6.08 Å². The average molecular weight is 374 g/mol. The Bertz CT molecular complexity index is 705. The zero-order valence-electron chi connectivity index (χ0n) is 16.5. The molecule has 2 aliphatic carbocycles. The number of fused-ring (bicyclic) bond motifs is 1. The highest BCUT2D eigenvalue weighted by Crippen LogP contribution is 2.61. The topological polar surface area (TPSA) is 72.8 Å². The molecule has 3 rings (SSSR count). The second-order valence-electron chi connectivity index (χ2n) is 8.69. The van der Waals surface area contributed by atoms with Gasteiger partial charge in [-0.15, -0.1) is 0 Å². The van der Waals surface area contributed by atoms with Gasteiger partial charge < -0.3 is 14.6 Å². The third kappa shape index (κ3) is 3.49. The van der Waals surface area contributed by atoms with Crippen molar-refractivity contribution in [2.75, 3.05) is 13.2 Å². The predicted octanol–water partition coefficient (Wildman–Crippen LogP) is 3.34. The van der Waals surface area contributed by atoms with Crippen molar-refractivity contribution < 1.29 is 24.2 Å². The van der Waals surface area contributed by atoms with Crippen LogP contribution in [0.1, 0.15) is 46.5 Å². The van der Waals surface area contributed by atoms with Crippen LogP contribution in [0.5, 0.6) is 0 Å². The molecule has 148 valence electrons. The second-order valence-corrected chi connectivity index (χ2v) is 8.69. The number of carbonyl (C=O) groups is 2. The number of aliphatic hydroxyl groups is 1. The predicted molar refractivity (Wildman–Crippen MR) is 102 cm³/mol. The van der Waals surface area contributed by atoms with Crippen LogP contribution < -0.4 is 0 Å². The van der Waals surface area contributed by atoms with E-state index < -0.39 is 11.5 Å². The number of hydrogen-bond acceptors (Lipinski definition) is 5. The Morgan fingerprint density at radius 1 is 1.44 bits per heavy atom. The molecule has 3 aliphatic rings. The number of ether oxygens (including phenoxy) is 2. The minimum Gasteiger partial charge on any atom is -0.465 e. The van der Waals surface area contributed by atoms with Crippen LogP contribution in [0, 0.1) is 22.7 Å². The van der Waals surface area contributed by atoms with E-state index in [0.29, 0.717) is 18.6 Å². The van der Waals surface area contributed by atoms with Gasteiger partial charge in [0, 0.05) is 18.3 Å². The molecule has 0 bridgehead atoms. The van der Waals surface area contributed by atoms with E-state index in [2.05, 4.69) is 19.6 Å². The number of hydrogen-bond donors (Lipinski definition) is 1. The van der Waals surface area contributed by atoms with Gasteiger partial charge in [-0.1, -0.05) is 38.2 Å². The number of cyclic esters (lactones) is 1. The Morgan fingerprint density at radius 2 is 2.19 bits per heavy atom. The zero-order chi connectivity index (χ0) is 19.8. The largest absolute Gasteiger partial charge is 0.465 e. The van der Waals surface area contributed by atoms with Crippen LogP contribution in [-0.4, -0.2) is 36.4 Å². The molecule has 2 fully saturated rings. The molecule has 1 N–H and O–H groups in total. The Hall–Kier alpha value is -1.88. The van der Waals surface area contributed by atoms with Crippen molar-refractivity contribution in [1.29, 1.82) is 0 Å². The molecule has 2 saturated carbocycles. The molecular formula is C22H30O5. The van der Waals surface area contributed by atoms with Crippen molar-refractivity contribution in [3.8, 4) is 0 Å². The number of carbonyl (C=O) groups excluding carboxylic acids is 2. The molecule has 1 aliphatic heterocycles. The highest BCUT2D eigenvalue weighted by molar-refractivity contribution is 5.93. The van der Waals surface area contributed by atoms with Crippen molar-refractivity contribution in [2.24, 2.45) is 22.7 Å². The second kappa shape index (κ2) is 7.27. The van der Waals surface area contributed by atoms with Crippen molar-refractivity contribution in [1.82, 2.24) is 0 Å². The molecule has 0 aromatic heterocycles. The van der Waals surface area contributed by atoms with Gasteiger partial charge in [0.25, 0.3) is 0 Å². The summed E-state index contributed by atoms with van der Waals surface area (Å²) in [4.78, 5) is 23.1. The van der Waals surface area contributed by atoms with Crippen LogP contribution in [0.4, 0.5) is 0 Å². The number of allylic oxidation sites excluding steroid dienone is 2. The van der Waals surface area contributed by atoms with Crippen LogP contribution in [0.25, 0.3) is 0 Å². The lowest BCUT2D eigenvalue weighted by Gasteiger charge is -2.59. The van der Waals surface area contributed by atoms with Gasteiger partial charge >= 0.3 is 11.9 Å². The molecule has 5 nitrogen and oxygen atoms in total. The summed E-state index contributed by atoms with van der Waals surface area (Å²) in [7, 11) is 0. The van der Waals surface area contributed by atoms with Crippen molar-refractivity contribution in [3.05, 3.63) is 36.0 Å². The molecule has 0 saturated heterocycles. The van der Waals surface area contributed by atoms with Crippen LogP contribution in [0.2, 0.25) is 0 Å². The van der Waals surface area contributed by atoms with Crippen LogP contribution in [0.15, 0.2) is 36.0 Å². The highest BCUT2D eigenvalue weighted by atomic mass is 16.5. The van der Waals surface area contributed by atoms with Gasteiger partial charge in [0.05, 0.1) is 18.3 Å². The fourth-order valence-electron chi connectivity index (χ4n) is 5.44. The average Bonchev–Trinajstić information content (AvgIpc) is 3.01. The first-order chi connectivity index (χ1) is 12.7. The maximum absolute atomic E-state index is 11.7. The molecule has 5 unspecified atom stereocenters. The maximum Gasteiger partial charge on any atom is 0.338 e. The molecule has 5 heteroatoms. The Balaban J connectivity index is 1.90. The van der Waals surface area contributed by atoms with Gasteiger partial charge in [-0.2, -0.15) is 0 Å². The van der Waals surface area contributed by atoms with Crippen LogP contribution in [0.3, 0.4) is 0 Å². The van der Waals surface area contributed by atoms with E-state index >= 15 is 0 Å². The first-order valence-corrected chi connectivity index (χ1v) is 9.73. The Labute approximate surface area is 161 Å². The fraction of sp³-hybridized carbons (Fsp3) is 0.636.